The Morgan fingerprint density at radius 1 is 1.10 bits per heavy atom. The Hall–Kier alpha value is -1.06. The maximum absolute atomic E-state index is 13.0. The van der Waals surface area contributed by atoms with Crippen LogP contribution in [0.5, 0.6) is 0 Å². The number of amides is 1. The van der Waals surface area contributed by atoms with E-state index in [0.29, 0.717) is 0 Å². The summed E-state index contributed by atoms with van der Waals surface area (Å²) in [6, 6.07) is 0.302. The van der Waals surface area contributed by atoms with Crippen LogP contribution in [0.2, 0.25) is 0 Å². The first kappa shape index (κ1) is 15.3. The van der Waals surface area contributed by atoms with Gasteiger partial charge in [-0.15, -0.1) is 0 Å². The molecule has 0 aromatic rings. The highest BCUT2D eigenvalue weighted by Gasteiger charge is 2.55. The SMILES string of the molecule is CC(C)N(C(=O)C(C)(C(=O)O)C1CC1)C1CCCCC1. The highest BCUT2D eigenvalue weighted by atomic mass is 16.4. The molecule has 0 radical (unpaired) electrons. The molecule has 114 valence electrons. The van der Waals surface area contributed by atoms with Crippen LogP contribution in [-0.2, 0) is 9.59 Å². The number of hydrogen-bond donors (Lipinski definition) is 1. The monoisotopic (exact) mass is 281 g/mol. The molecule has 1 atom stereocenters. The number of rotatable bonds is 5. The molecule has 20 heavy (non-hydrogen) atoms. The van der Waals surface area contributed by atoms with Crippen LogP contribution in [0.4, 0.5) is 0 Å². The highest BCUT2D eigenvalue weighted by Crippen LogP contribution is 2.47. The van der Waals surface area contributed by atoms with E-state index in [1.807, 2.05) is 18.7 Å². The van der Waals surface area contributed by atoms with Gasteiger partial charge in [0, 0.05) is 12.1 Å². The number of carboxylic acids is 1. The van der Waals surface area contributed by atoms with Crippen LogP contribution in [0.25, 0.3) is 0 Å². The lowest BCUT2D eigenvalue weighted by molar-refractivity contribution is -0.164. The molecular weight excluding hydrogens is 254 g/mol. The van der Waals surface area contributed by atoms with E-state index in [2.05, 4.69) is 0 Å². The summed E-state index contributed by atoms with van der Waals surface area (Å²) in [4.78, 5) is 26.6. The number of hydrogen-bond acceptors (Lipinski definition) is 2. The molecule has 1 unspecified atom stereocenters. The highest BCUT2D eigenvalue weighted by molar-refractivity contribution is 6.02. The van der Waals surface area contributed by atoms with Crippen LogP contribution in [0.3, 0.4) is 0 Å². The first-order chi connectivity index (χ1) is 9.39. The van der Waals surface area contributed by atoms with Crippen LogP contribution in [0.1, 0.15) is 65.7 Å². The fourth-order valence-electron chi connectivity index (χ4n) is 3.55. The molecule has 0 spiro atoms. The predicted octanol–water partition coefficient (Wildman–Crippen LogP) is 3.06. The van der Waals surface area contributed by atoms with Crippen molar-refractivity contribution in [3.05, 3.63) is 0 Å². The maximum atomic E-state index is 13.0. The molecule has 1 amide bonds. The summed E-state index contributed by atoms with van der Waals surface area (Å²) in [6.07, 6.45) is 7.29. The van der Waals surface area contributed by atoms with E-state index in [-0.39, 0.29) is 23.9 Å². The molecule has 0 aliphatic heterocycles. The molecule has 4 nitrogen and oxygen atoms in total. The van der Waals surface area contributed by atoms with Gasteiger partial charge in [0.2, 0.25) is 5.91 Å². The largest absolute Gasteiger partial charge is 0.480 e. The van der Waals surface area contributed by atoms with E-state index < -0.39 is 11.4 Å². The standard InChI is InChI=1S/C16H27NO3/c1-11(2)17(13-7-5-4-6-8-13)14(18)16(3,15(19)20)12-9-10-12/h11-13H,4-10H2,1-3H3,(H,19,20). The molecule has 0 heterocycles. The number of aliphatic carboxylic acids is 1. The molecular formula is C16H27NO3. The second-order valence-corrected chi connectivity index (χ2v) is 6.88. The summed E-state index contributed by atoms with van der Waals surface area (Å²) in [5.41, 5.74) is -1.22. The van der Waals surface area contributed by atoms with Crippen molar-refractivity contribution in [1.29, 1.82) is 0 Å². The van der Waals surface area contributed by atoms with Gasteiger partial charge < -0.3 is 10.0 Å². The van der Waals surface area contributed by atoms with Crippen molar-refractivity contribution in [1.82, 2.24) is 4.90 Å². The van der Waals surface area contributed by atoms with Crippen molar-refractivity contribution in [3.63, 3.8) is 0 Å². The zero-order chi connectivity index (χ0) is 14.9. The Morgan fingerprint density at radius 2 is 1.65 bits per heavy atom. The summed E-state index contributed by atoms with van der Waals surface area (Å²) < 4.78 is 0. The molecule has 2 fully saturated rings. The van der Waals surface area contributed by atoms with E-state index in [1.54, 1.807) is 6.92 Å². The van der Waals surface area contributed by atoms with Gasteiger partial charge in [0.25, 0.3) is 0 Å². The number of carboxylic acid groups (broad SMARTS) is 1. The maximum Gasteiger partial charge on any atom is 0.319 e. The third-order valence-corrected chi connectivity index (χ3v) is 5.04. The van der Waals surface area contributed by atoms with Crippen molar-refractivity contribution in [3.8, 4) is 0 Å². The van der Waals surface area contributed by atoms with E-state index >= 15 is 0 Å². The Kier molecular flexibility index (Phi) is 4.40. The topological polar surface area (TPSA) is 57.6 Å². The number of carbonyl (C=O) groups is 2. The van der Waals surface area contributed by atoms with Gasteiger partial charge in [0.1, 0.15) is 5.41 Å². The zero-order valence-corrected chi connectivity index (χ0v) is 12.9. The average molecular weight is 281 g/mol. The lowest BCUT2D eigenvalue weighted by atomic mass is 9.81. The molecule has 0 saturated heterocycles. The Bertz CT molecular complexity index is 383. The molecule has 4 heteroatoms. The normalized spacial score (nSPS) is 23.4. The van der Waals surface area contributed by atoms with Crippen LogP contribution < -0.4 is 0 Å². The zero-order valence-electron chi connectivity index (χ0n) is 12.9. The molecule has 0 bridgehead atoms. The van der Waals surface area contributed by atoms with Gasteiger partial charge >= 0.3 is 5.97 Å². The van der Waals surface area contributed by atoms with E-state index in [4.69, 9.17) is 0 Å². The van der Waals surface area contributed by atoms with Crippen LogP contribution >= 0.6 is 0 Å². The summed E-state index contributed by atoms with van der Waals surface area (Å²) in [7, 11) is 0. The fraction of sp³-hybridized carbons (Fsp3) is 0.875. The van der Waals surface area contributed by atoms with Crippen molar-refractivity contribution >= 4 is 11.9 Å². The fourth-order valence-corrected chi connectivity index (χ4v) is 3.55. The van der Waals surface area contributed by atoms with Crippen LogP contribution in [-0.4, -0.2) is 34.0 Å². The smallest absolute Gasteiger partial charge is 0.319 e. The molecule has 2 rings (SSSR count). The minimum absolute atomic E-state index is 0.0253. The van der Waals surface area contributed by atoms with Crippen molar-refractivity contribution in [2.45, 2.75) is 77.8 Å². The van der Waals surface area contributed by atoms with Gasteiger partial charge in [-0.05, 0) is 52.4 Å². The molecule has 2 aliphatic rings. The summed E-state index contributed by atoms with van der Waals surface area (Å²) in [5, 5.41) is 9.59. The van der Waals surface area contributed by atoms with Crippen LogP contribution in [0.15, 0.2) is 0 Å². The summed E-state index contributed by atoms with van der Waals surface area (Å²) >= 11 is 0. The lowest BCUT2D eigenvalue weighted by Gasteiger charge is -2.41. The van der Waals surface area contributed by atoms with E-state index in [1.165, 1.54) is 6.42 Å². The molecule has 2 saturated carbocycles. The van der Waals surface area contributed by atoms with Gasteiger partial charge in [-0.1, -0.05) is 19.3 Å². The van der Waals surface area contributed by atoms with Gasteiger partial charge in [-0.3, -0.25) is 9.59 Å². The number of carbonyl (C=O) groups excluding carboxylic acids is 1. The third-order valence-electron chi connectivity index (χ3n) is 5.04. The van der Waals surface area contributed by atoms with Gasteiger partial charge in [-0.25, -0.2) is 0 Å². The summed E-state index contributed by atoms with van der Waals surface area (Å²) in [5.74, 6) is -1.08. The summed E-state index contributed by atoms with van der Waals surface area (Å²) in [6.45, 7) is 5.64. The quantitative estimate of drug-likeness (QED) is 0.788. The van der Waals surface area contributed by atoms with Crippen molar-refractivity contribution in [2.24, 2.45) is 11.3 Å². The average Bonchev–Trinajstić information content (AvgIpc) is 3.23. The Balaban J connectivity index is 2.23. The molecule has 0 aromatic carbocycles. The lowest BCUT2D eigenvalue weighted by Crippen LogP contribution is -2.54. The minimum atomic E-state index is -1.22. The first-order valence-electron chi connectivity index (χ1n) is 7.95. The number of nitrogens with zero attached hydrogens (tertiary/aromatic N) is 1. The minimum Gasteiger partial charge on any atom is -0.480 e. The van der Waals surface area contributed by atoms with Gasteiger partial charge in [0.05, 0.1) is 0 Å². The van der Waals surface area contributed by atoms with Gasteiger partial charge in [0.15, 0.2) is 0 Å². The Labute approximate surface area is 121 Å². The van der Waals surface area contributed by atoms with E-state index in [0.717, 1.165) is 38.5 Å². The molecule has 0 aromatic heterocycles. The van der Waals surface area contributed by atoms with E-state index in [9.17, 15) is 14.7 Å². The second-order valence-electron chi connectivity index (χ2n) is 6.88. The predicted molar refractivity (Wildman–Crippen MR) is 77.3 cm³/mol. The third kappa shape index (κ3) is 2.70. The first-order valence-corrected chi connectivity index (χ1v) is 7.95. The molecule has 1 N–H and O–H groups in total. The van der Waals surface area contributed by atoms with Crippen molar-refractivity contribution in [2.75, 3.05) is 0 Å². The van der Waals surface area contributed by atoms with Crippen molar-refractivity contribution < 1.29 is 14.7 Å². The second kappa shape index (κ2) is 5.74. The Morgan fingerprint density at radius 3 is 2.05 bits per heavy atom. The molecule has 2 aliphatic carbocycles. The van der Waals surface area contributed by atoms with Gasteiger partial charge in [-0.2, -0.15) is 0 Å². The van der Waals surface area contributed by atoms with Crippen LogP contribution in [0, 0.1) is 11.3 Å².